The SMILES string of the molecule is Cc1ccc(SCC(=O)O)cc1. The molecule has 3 heteroatoms. The summed E-state index contributed by atoms with van der Waals surface area (Å²) in [5.41, 5.74) is 1.19. The molecule has 64 valence electrons. The molecule has 0 unspecified atom stereocenters. The van der Waals surface area contributed by atoms with Crippen LogP contribution in [0.25, 0.3) is 0 Å². The molecule has 12 heavy (non-hydrogen) atoms. The molecule has 0 amide bonds. The molecule has 0 fully saturated rings. The fourth-order valence-electron chi connectivity index (χ4n) is 0.780. The lowest BCUT2D eigenvalue weighted by atomic mass is 10.2. The Morgan fingerprint density at radius 2 is 2.00 bits per heavy atom. The summed E-state index contributed by atoms with van der Waals surface area (Å²) in [5.74, 6) is -0.649. The molecular formula is C9H10O2S. The van der Waals surface area contributed by atoms with Gasteiger partial charge in [0.1, 0.15) is 0 Å². The minimum absolute atomic E-state index is 0.128. The minimum atomic E-state index is -0.777. The molecule has 0 aliphatic heterocycles. The van der Waals surface area contributed by atoms with Crippen LogP contribution in [0.1, 0.15) is 5.56 Å². The van der Waals surface area contributed by atoms with Gasteiger partial charge in [0.15, 0.2) is 0 Å². The summed E-state index contributed by atoms with van der Waals surface area (Å²) in [6.45, 7) is 2.01. The number of rotatable bonds is 3. The maximum absolute atomic E-state index is 10.2. The van der Waals surface area contributed by atoms with Gasteiger partial charge < -0.3 is 5.11 Å². The van der Waals surface area contributed by atoms with Gasteiger partial charge in [-0.3, -0.25) is 4.79 Å². The topological polar surface area (TPSA) is 37.3 Å². The van der Waals surface area contributed by atoms with Crippen molar-refractivity contribution in [3.8, 4) is 0 Å². The number of aliphatic carboxylic acids is 1. The Bertz CT molecular complexity index is 266. The molecule has 2 nitrogen and oxygen atoms in total. The van der Waals surface area contributed by atoms with Gasteiger partial charge in [-0.15, -0.1) is 11.8 Å². The highest BCUT2D eigenvalue weighted by molar-refractivity contribution is 8.00. The fourth-order valence-corrected chi connectivity index (χ4v) is 1.40. The van der Waals surface area contributed by atoms with Crippen molar-refractivity contribution < 1.29 is 9.90 Å². The van der Waals surface area contributed by atoms with E-state index in [4.69, 9.17) is 5.11 Å². The summed E-state index contributed by atoms with van der Waals surface area (Å²) in [7, 11) is 0. The number of carboxylic acids is 1. The van der Waals surface area contributed by atoms with Crippen molar-refractivity contribution in [2.24, 2.45) is 0 Å². The summed E-state index contributed by atoms with van der Waals surface area (Å²) in [5, 5.41) is 8.41. The van der Waals surface area contributed by atoms with Crippen LogP contribution in [-0.2, 0) is 4.79 Å². The molecule has 0 aromatic heterocycles. The van der Waals surface area contributed by atoms with Gasteiger partial charge in [-0.1, -0.05) is 17.7 Å². The van der Waals surface area contributed by atoms with E-state index in [9.17, 15) is 4.79 Å². The lowest BCUT2D eigenvalue weighted by Gasteiger charge is -1.97. The smallest absolute Gasteiger partial charge is 0.313 e. The van der Waals surface area contributed by atoms with Crippen molar-refractivity contribution in [3.05, 3.63) is 29.8 Å². The van der Waals surface area contributed by atoms with E-state index in [-0.39, 0.29) is 5.75 Å². The van der Waals surface area contributed by atoms with Gasteiger partial charge in [-0.25, -0.2) is 0 Å². The first-order chi connectivity index (χ1) is 5.68. The van der Waals surface area contributed by atoms with Crippen LogP contribution in [0.15, 0.2) is 29.2 Å². The number of hydrogen-bond acceptors (Lipinski definition) is 2. The van der Waals surface area contributed by atoms with E-state index in [2.05, 4.69) is 0 Å². The molecule has 0 spiro atoms. The molecular weight excluding hydrogens is 172 g/mol. The van der Waals surface area contributed by atoms with E-state index in [0.29, 0.717) is 0 Å². The number of carbonyl (C=O) groups is 1. The number of benzene rings is 1. The number of aryl methyl sites for hydroxylation is 1. The summed E-state index contributed by atoms with van der Waals surface area (Å²) < 4.78 is 0. The van der Waals surface area contributed by atoms with E-state index in [0.717, 1.165) is 4.90 Å². The first-order valence-corrected chi connectivity index (χ1v) is 4.58. The van der Waals surface area contributed by atoms with Crippen LogP contribution in [-0.4, -0.2) is 16.8 Å². The second-order valence-electron chi connectivity index (χ2n) is 2.50. The van der Waals surface area contributed by atoms with E-state index >= 15 is 0 Å². The Labute approximate surface area is 75.6 Å². The lowest BCUT2D eigenvalue weighted by Crippen LogP contribution is -1.97. The van der Waals surface area contributed by atoms with Crippen LogP contribution in [0.3, 0.4) is 0 Å². The summed E-state index contributed by atoms with van der Waals surface area (Å²) >= 11 is 1.34. The minimum Gasteiger partial charge on any atom is -0.481 e. The highest BCUT2D eigenvalue weighted by Crippen LogP contribution is 2.17. The number of thioether (sulfide) groups is 1. The first-order valence-electron chi connectivity index (χ1n) is 3.60. The summed E-state index contributed by atoms with van der Waals surface area (Å²) in [4.78, 5) is 11.2. The van der Waals surface area contributed by atoms with Crippen LogP contribution >= 0.6 is 11.8 Å². The Morgan fingerprint density at radius 3 is 2.50 bits per heavy atom. The van der Waals surface area contributed by atoms with E-state index in [1.807, 2.05) is 31.2 Å². The van der Waals surface area contributed by atoms with Gasteiger partial charge in [-0.2, -0.15) is 0 Å². The third-order valence-electron chi connectivity index (χ3n) is 1.38. The quantitative estimate of drug-likeness (QED) is 0.728. The highest BCUT2D eigenvalue weighted by Gasteiger charge is 1.98. The summed E-state index contributed by atoms with van der Waals surface area (Å²) in [6.07, 6.45) is 0. The van der Waals surface area contributed by atoms with Gasteiger partial charge in [0.05, 0.1) is 5.75 Å². The van der Waals surface area contributed by atoms with Crippen molar-refractivity contribution in [1.82, 2.24) is 0 Å². The van der Waals surface area contributed by atoms with Crippen LogP contribution in [0.2, 0.25) is 0 Å². The first kappa shape index (κ1) is 9.13. The molecule has 0 heterocycles. The third-order valence-corrected chi connectivity index (χ3v) is 2.38. The number of hydrogen-bond donors (Lipinski definition) is 1. The molecule has 0 saturated heterocycles. The molecule has 0 aliphatic rings. The fraction of sp³-hybridized carbons (Fsp3) is 0.222. The molecule has 0 radical (unpaired) electrons. The zero-order valence-electron chi connectivity index (χ0n) is 6.78. The second-order valence-corrected chi connectivity index (χ2v) is 3.54. The molecule has 1 aromatic carbocycles. The zero-order chi connectivity index (χ0) is 8.97. The average molecular weight is 182 g/mol. The molecule has 0 bridgehead atoms. The van der Waals surface area contributed by atoms with Crippen molar-refractivity contribution in [2.75, 3.05) is 5.75 Å². The molecule has 0 aliphatic carbocycles. The molecule has 1 rings (SSSR count). The average Bonchev–Trinajstić information content (AvgIpc) is 2.03. The molecule has 0 saturated carbocycles. The van der Waals surface area contributed by atoms with Crippen molar-refractivity contribution >= 4 is 17.7 Å². The maximum Gasteiger partial charge on any atom is 0.313 e. The largest absolute Gasteiger partial charge is 0.481 e. The molecule has 0 atom stereocenters. The van der Waals surface area contributed by atoms with E-state index in [1.54, 1.807) is 0 Å². The van der Waals surface area contributed by atoms with Gasteiger partial charge in [0.25, 0.3) is 0 Å². The van der Waals surface area contributed by atoms with Gasteiger partial charge in [-0.05, 0) is 19.1 Å². The molecule has 1 N–H and O–H groups in total. The summed E-state index contributed by atoms with van der Waals surface area (Å²) in [6, 6.07) is 7.82. The van der Waals surface area contributed by atoms with Gasteiger partial charge in [0.2, 0.25) is 0 Å². The highest BCUT2D eigenvalue weighted by atomic mass is 32.2. The standard InChI is InChI=1S/C9H10O2S/c1-7-2-4-8(5-3-7)12-6-9(10)11/h2-5H,6H2,1H3,(H,10,11). The lowest BCUT2D eigenvalue weighted by molar-refractivity contribution is -0.133. The van der Waals surface area contributed by atoms with Crippen molar-refractivity contribution in [1.29, 1.82) is 0 Å². The van der Waals surface area contributed by atoms with Crippen molar-refractivity contribution in [3.63, 3.8) is 0 Å². The zero-order valence-corrected chi connectivity index (χ0v) is 7.60. The van der Waals surface area contributed by atoms with Crippen LogP contribution in [0, 0.1) is 6.92 Å². The Balaban J connectivity index is 2.53. The number of carboxylic acid groups (broad SMARTS) is 1. The normalized spacial score (nSPS) is 9.75. The Hall–Kier alpha value is -0.960. The van der Waals surface area contributed by atoms with E-state index in [1.165, 1.54) is 17.3 Å². The van der Waals surface area contributed by atoms with Crippen molar-refractivity contribution in [2.45, 2.75) is 11.8 Å². The van der Waals surface area contributed by atoms with Gasteiger partial charge in [0, 0.05) is 4.90 Å². The monoisotopic (exact) mass is 182 g/mol. The second kappa shape index (κ2) is 4.16. The Kier molecular flexibility index (Phi) is 3.17. The van der Waals surface area contributed by atoms with Crippen LogP contribution in [0.5, 0.6) is 0 Å². The van der Waals surface area contributed by atoms with E-state index < -0.39 is 5.97 Å². The molecule has 1 aromatic rings. The maximum atomic E-state index is 10.2. The Morgan fingerprint density at radius 1 is 1.42 bits per heavy atom. The van der Waals surface area contributed by atoms with Crippen LogP contribution < -0.4 is 0 Å². The predicted octanol–water partition coefficient (Wildman–Crippen LogP) is 2.17. The predicted molar refractivity (Wildman–Crippen MR) is 49.5 cm³/mol. The third kappa shape index (κ3) is 2.96. The van der Waals surface area contributed by atoms with Crippen LogP contribution in [0.4, 0.5) is 0 Å². The van der Waals surface area contributed by atoms with Gasteiger partial charge >= 0.3 is 5.97 Å².